The van der Waals surface area contributed by atoms with Gasteiger partial charge in [0, 0.05) is 49.3 Å². The van der Waals surface area contributed by atoms with Crippen LogP contribution in [-0.4, -0.2) is 0 Å². The third-order valence-electron chi connectivity index (χ3n) is 11.5. The summed E-state index contributed by atoms with van der Waals surface area (Å²) in [6, 6.07) is 70.1. The molecule has 0 spiro atoms. The van der Waals surface area contributed by atoms with Crippen LogP contribution in [0.15, 0.2) is 213 Å². The van der Waals surface area contributed by atoms with Gasteiger partial charge in [0.25, 0.3) is 0 Å². The molecule has 0 aliphatic heterocycles. The van der Waals surface area contributed by atoms with Crippen LogP contribution in [0.5, 0.6) is 0 Å². The van der Waals surface area contributed by atoms with Gasteiger partial charge in [0.2, 0.25) is 0 Å². The highest BCUT2D eigenvalue weighted by Gasteiger charge is 2.24. The summed E-state index contributed by atoms with van der Waals surface area (Å²) in [5.41, 5.74) is 14.6. The van der Waals surface area contributed by atoms with Gasteiger partial charge in [-0.3, -0.25) is 0 Å². The lowest BCUT2D eigenvalue weighted by Crippen LogP contribution is -2.10. The van der Waals surface area contributed by atoms with E-state index in [2.05, 4.69) is 175 Å². The molecule has 272 valence electrons. The van der Waals surface area contributed by atoms with Crippen LogP contribution in [-0.2, 0) is 0 Å². The molecule has 3 heterocycles. The Morgan fingerprint density at radius 2 is 0.862 bits per heavy atom. The third kappa shape index (κ3) is 5.09. The van der Waals surface area contributed by atoms with Crippen LogP contribution < -0.4 is 4.90 Å². The molecule has 0 unspecified atom stereocenters. The van der Waals surface area contributed by atoms with Crippen molar-refractivity contribution in [3.63, 3.8) is 0 Å². The zero-order valence-corrected chi connectivity index (χ0v) is 31.2. The lowest BCUT2D eigenvalue weighted by molar-refractivity contribution is 0.664. The van der Waals surface area contributed by atoms with Gasteiger partial charge in [0.1, 0.15) is 27.9 Å². The zero-order chi connectivity index (χ0) is 38.2. The molecule has 3 aromatic heterocycles. The molecule has 0 N–H and O–H groups in total. The largest absolute Gasteiger partial charge is 0.456 e. The number of anilines is 3. The number of hydrogen-bond donors (Lipinski definition) is 0. The second kappa shape index (κ2) is 12.9. The monoisotopic (exact) mass is 743 g/mol. The molecule has 12 rings (SSSR count). The predicted octanol–water partition coefficient (Wildman–Crippen LogP) is 15.9. The van der Waals surface area contributed by atoms with Crippen LogP contribution in [0.25, 0.3) is 99.2 Å². The van der Waals surface area contributed by atoms with Crippen molar-refractivity contribution in [3.8, 4) is 33.4 Å². The molecular formula is C54H33NO3. The van der Waals surface area contributed by atoms with Gasteiger partial charge in [0.05, 0.1) is 5.69 Å². The minimum absolute atomic E-state index is 0.804. The summed E-state index contributed by atoms with van der Waals surface area (Å²) >= 11 is 0. The van der Waals surface area contributed by atoms with Crippen molar-refractivity contribution in [1.29, 1.82) is 0 Å². The highest BCUT2D eigenvalue weighted by Crippen LogP contribution is 2.48. The molecule has 0 aliphatic carbocycles. The number of nitrogens with zero attached hydrogens (tertiary/aromatic N) is 1. The van der Waals surface area contributed by atoms with E-state index in [-0.39, 0.29) is 0 Å². The number of hydrogen-bond acceptors (Lipinski definition) is 4. The Balaban J connectivity index is 1.10. The van der Waals surface area contributed by atoms with Gasteiger partial charge in [0.15, 0.2) is 5.58 Å². The van der Waals surface area contributed by atoms with E-state index in [4.69, 9.17) is 13.3 Å². The summed E-state index contributed by atoms with van der Waals surface area (Å²) in [5.74, 6) is 0. The molecule has 0 atom stereocenters. The molecule has 0 amide bonds. The van der Waals surface area contributed by atoms with E-state index in [0.29, 0.717) is 0 Å². The summed E-state index contributed by atoms with van der Waals surface area (Å²) < 4.78 is 20.2. The average molecular weight is 744 g/mol. The first-order valence-corrected chi connectivity index (χ1v) is 19.6. The van der Waals surface area contributed by atoms with Crippen LogP contribution in [0, 0.1) is 0 Å². The van der Waals surface area contributed by atoms with Crippen LogP contribution in [0.4, 0.5) is 17.1 Å². The van der Waals surface area contributed by atoms with Crippen LogP contribution >= 0.6 is 0 Å². The minimum atomic E-state index is 0.804. The molecule has 4 nitrogen and oxygen atoms in total. The molecule has 0 aliphatic rings. The fourth-order valence-electron chi connectivity index (χ4n) is 8.77. The number of rotatable bonds is 6. The summed E-state index contributed by atoms with van der Waals surface area (Å²) in [5, 5.41) is 6.26. The van der Waals surface area contributed by atoms with Crippen molar-refractivity contribution in [3.05, 3.63) is 200 Å². The number of para-hydroxylation sites is 3. The molecule has 0 saturated heterocycles. The van der Waals surface area contributed by atoms with Crippen molar-refractivity contribution in [2.24, 2.45) is 0 Å². The first-order valence-electron chi connectivity index (χ1n) is 19.6. The zero-order valence-electron chi connectivity index (χ0n) is 31.2. The molecule has 0 saturated carbocycles. The Hall–Kier alpha value is -7.82. The SMILES string of the molecule is c1ccc(-c2ccc(-c3c4oc5ccc(N(c6cccc(-c7ccccc7)c6)c6cccc7c6oc6ccccc67)cc5c4cc4oc5ccccc5c34)cc2)cc1. The Morgan fingerprint density at radius 3 is 1.66 bits per heavy atom. The van der Waals surface area contributed by atoms with E-state index in [0.717, 1.165) is 111 Å². The second-order valence-corrected chi connectivity index (χ2v) is 14.8. The molecule has 12 aromatic rings. The maximum absolute atomic E-state index is 6.93. The standard InChI is InChI=1S/C54H33NO3/c1-3-13-34(14-4-1)36-25-27-37(28-26-36)51-52-43-20-8-10-24-48(43)56-50(52)33-45-44-32-40(29-30-49(44)58-54(45)51)55(39-18-11-17-38(31-39)35-15-5-2-6-16-35)46-22-12-21-42-41-19-7-9-23-47(41)57-53(42)46/h1-33H. The van der Waals surface area contributed by atoms with Crippen LogP contribution in [0.3, 0.4) is 0 Å². The van der Waals surface area contributed by atoms with Gasteiger partial charge in [-0.1, -0.05) is 146 Å². The average Bonchev–Trinajstić information content (AvgIpc) is 3.98. The smallest absolute Gasteiger partial charge is 0.159 e. The molecule has 0 bridgehead atoms. The summed E-state index contributed by atoms with van der Waals surface area (Å²) in [4.78, 5) is 2.30. The van der Waals surface area contributed by atoms with Gasteiger partial charge in [-0.25, -0.2) is 0 Å². The third-order valence-corrected chi connectivity index (χ3v) is 11.5. The number of fused-ring (bicyclic) bond motifs is 9. The number of benzene rings is 9. The predicted molar refractivity (Wildman–Crippen MR) is 239 cm³/mol. The normalized spacial score (nSPS) is 11.8. The molecule has 58 heavy (non-hydrogen) atoms. The highest BCUT2D eigenvalue weighted by atomic mass is 16.3. The lowest BCUT2D eigenvalue weighted by atomic mass is 9.95. The van der Waals surface area contributed by atoms with Gasteiger partial charge in [-0.2, -0.15) is 0 Å². The maximum Gasteiger partial charge on any atom is 0.159 e. The maximum atomic E-state index is 6.93. The van der Waals surface area contributed by atoms with E-state index < -0.39 is 0 Å². The van der Waals surface area contributed by atoms with Crippen molar-refractivity contribution in [1.82, 2.24) is 0 Å². The van der Waals surface area contributed by atoms with E-state index in [1.807, 2.05) is 30.3 Å². The Morgan fingerprint density at radius 1 is 0.293 bits per heavy atom. The van der Waals surface area contributed by atoms with Crippen LogP contribution in [0.2, 0.25) is 0 Å². The molecule has 0 fully saturated rings. The Labute approximate surface area is 333 Å². The Bertz CT molecular complexity index is 3500. The van der Waals surface area contributed by atoms with Crippen LogP contribution in [0.1, 0.15) is 0 Å². The van der Waals surface area contributed by atoms with Gasteiger partial charge < -0.3 is 18.2 Å². The second-order valence-electron chi connectivity index (χ2n) is 14.8. The molecule has 4 heteroatoms. The highest BCUT2D eigenvalue weighted by molar-refractivity contribution is 6.24. The fraction of sp³-hybridized carbons (Fsp3) is 0. The number of furan rings is 3. The van der Waals surface area contributed by atoms with E-state index >= 15 is 0 Å². The Kier molecular flexibility index (Phi) is 7.20. The lowest BCUT2D eigenvalue weighted by Gasteiger charge is -2.26. The summed E-state index contributed by atoms with van der Waals surface area (Å²) in [6.45, 7) is 0. The van der Waals surface area contributed by atoms with Crippen molar-refractivity contribution < 1.29 is 13.3 Å². The van der Waals surface area contributed by atoms with Crippen molar-refractivity contribution in [2.75, 3.05) is 4.90 Å². The minimum Gasteiger partial charge on any atom is -0.456 e. The fourth-order valence-corrected chi connectivity index (χ4v) is 8.77. The van der Waals surface area contributed by atoms with Crippen molar-refractivity contribution >= 4 is 82.9 Å². The van der Waals surface area contributed by atoms with E-state index in [1.54, 1.807) is 0 Å². The first kappa shape index (κ1) is 32.4. The quantitative estimate of drug-likeness (QED) is 0.170. The van der Waals surface area contributed by atoms with Gasteiger partial charge in [-0.15, -0.1) is 0 Å². The molecule has 0 radical (unpaired) electrons. The summed E-state index contributed by atoms with van der Waals surface area (Å²) in [6.07, 6.45) is 0. The molecule has 9 aromatic carbocycles. The van der Waals surface area contributed by atoms with E-state index in [1.165, 1.54) is 5.56 Å². The first-order chi connectivity index (χ1) is 28.7. The van der Waals surface area contributed by atoms with Crippen molar-refractivity contribution in [2.45, 2.75) is 0 Å². The summed E-state index contributed by atoms with van der Waals surface area (Å²) in [7, 11) is 0. The van der Waals surface area contributed by atoms with E-state index in [9.17, 15) is 0 Å². The van der Waals surface area contributed by atoms with Gasteiger partial charge >= 0.3 is 0 Å². The molecular weight excluding hydrogens is 711 g/mol. The van der Waals surface area contributed by atoms with Gasteiger partial charge in [-0.05, 0) is 82.4 Å². The topological polar surface area (TPSA) is 42.7 Å².